The lowest BCUT2D eigenvalue weighted by Crippen LogP contribution is -2.40. The second-order valence-electron chi connectivity index (χ2n) is 8.99. The molecule has 1 aromatic heterocycles. The molecule has 0 bridgehead atoms. The lowest BCUT2D eigenvalue weighted by molar-refractivity contribution is -0.145. The third-order valence-electron chi connectivity index (χ3n) is 6.62. The molecule has 8 nitrogen and oxygen atoms in total. The Kier molecular flexibility index (Phi) is 7.93. The fourth-order valence-electron chi connectivity index (χ4n) is 4.84. The molecule has 40 heavy (non-hydrogen) atoms. The van der Waals surface area contributed by atoms with Crippen LogP contribution in [0.2, 0.25) is 0 Å². The van der Waals surface area contributed by atoms with E-state index in [9.17, 15) is 14.4 Å². The smallest absolute Gasteiger partial charge is 0.344 e. The monoisotopic (exact) mass is 556 g/mol. The van der Waals surface area contributed by atoms with Gasteiger partial charge >= 0.3 is 11.9 Å². The minimum absolute atomic E-state index is 0.254. The SMILES string of the molecule is CCOC(=O)COc1ccc2ccccc2c1/C=c1/sc2n(c1=O)[C@@H](c1ccccc1)C(C(=O)OC)=C(CC)N=2. The molecule has 0 radical (unpaired) electrons. The van der Waals surface area contributed by atoms with Gasteiger partial charge in [-0.1, -0.05) is 78.9 Å². The van der Waals surface area contributed by atoms with Gasteiger partial charge in [-0.3, -0.25) is 9.36 Å². The van der Waals surface area contributed by atoms with E-state index in [2.05, 4.69) is 0 Å². The topological polar surface area (TPSA) is 96.2 Å². The summed E-state index contributed by atoms with van der Waals surface area (Å²) in [6.45, 7) is 3.65. The Hall–Kier alpha value is -4.50. The third-order valence-corrected chi connectivity index (χ3v) is 7.61. The van der Waals surface area contributed by atoms with Crippen LogP contribution in [0.25, 0.3) is 16.8 Å². The molecular weight excluding hydrogens is 528 g/mol. The molecule has 0 aliphatic carbocycles. The van der Waals surface area contributed by atoms with E-state index in [4.69, 9.17) is 19.2 Å². The molecule has 3 aromatic carbocycles. The van der Waals surface area contributed by atoms with Crippen LogP contribution in [0.15, 0.2) is 87.8 Å². The first-order valence-corrected chi connectivity index (χ1v) is 13.8. The van der Waals surface area contributed by atoms with Gasteiger partial charge in [0.05, 0.1) is 35.6 Å². The normalized spacial score (nSPS) is 15.0. The van der Waals surface area contributed by atoms with Gasteiger partial charge in [0.2, 0.25) is 0 Å². The highest BCUT2D eigenvalue weighted by atomic mass is 32.1. The zero-order valence-electron chi connectivity index (χ0n) is 22.4. The highest BCUT2D eigenvalue weighted by molar-refractivity contribution is 7.07. The average molecular weight is 557 g/mol. The second kappa shape index (κ2) is 11.7. The van der Waals surface area contributed by atoms with Crippen molar-refractivity contribution in [2.45, 2.75) is 26.3 Å². The van der Waals surface area contributed by atoms with E-state index in [1.807, 2.05) is 67.6 Å². The molecule has 0 unspecified atom stereocenters. The lowest BCUT2D eigenvalue weighted by atomic mass is 9.95. The summed E-state index contributed by atoms with van der Waals surface area (Å²) < 4.78 is 18.0. The van der Waals surface area contributed by atoms with Crippen molar-refractivity contribution in [1.82, 2.24) is 4.57 Å². The van der Waals surface area contributed by atoms with Gasteiger partial charge in [-0.25, -0.2) is 14.6 Å². The van der Waals surface area contributed by atoms with Crippen molar-refractivity contribution in [1.29, 1.82) is 0 Å². The summed E-state index contributed by atoms with van der Waals surface area (Å²) in [5.74, 6) is -0.555. The van der Waals surface area contributed by atoms with Gasteiger partial charge < -0.3 is 14.2 Å². The van der Waals surface area contributed by atoms with E-state index in [1.165, 1.54) is 18.4 Å². The van der Waals surface area contributed by atoms with E-state index in [0.29, 0.717) is 38.3 Å². The van der Waals surface area contributed by atoms with E-state index < -0.39 is 18.0 Å². The minimum Gasteiger partial charge on any atom is -0.481 e. The highest BCUT2D eigenvalue weighted by Crippen LogP contribution is 2.32. The van der Waals surface area contributed by atoms with Gasteiger partial charge in [-0.05, 0) is 41.8 Å². The summed E-state index contributed by atoms with van der Waals surface area (Å²) >= 11 is 1.24. The number of carbonyl (C=O) groups excluding carboxylic acids is 2. The van der Waals surface area contributed by atoms with Crippen molar-refractivity contribution >= 4 is 40.1 Å². The van der Waals surface area contributed by atoms with Crippen LogP contribution in [0.5, 0.6) is 5.75 Å². The number of carbonyl (C=O) groups is 2. The predicted molar refractivity (Wildman–Crippen MR) is 153 cm³/mol. The van der Waals surface area contributed by atoms with Crippen LogP contribution in [0.3, 0.4) is 0 Å². The van der Waals surface area contributed by atoms with Gasteiger partial charge in [0.25, 0.3) is 5.56 Å². The molecule has 1 aliphatic heterocycles. The molecule has 5 rings (SSSR count). The Morgan fingerprint density at radius 2 is 1.77 bits per heavy atom. The molecule has 0 spiro atoms. The average Bonchev–Trinajstić information content (AvgIpc) is 3.30. The summed E-state index contributed by atoms with van der Waals surface area (Å²) in [6.07, 6.45) is 2.26. The molecule has 2 heterocycles. The van der Waals surface area contributed by atoms with Crippen molar-refractivity contribution < 1.29 is 23.8 Å². The number of ether oxygens (including phenoxy) is 3. The fraction of sp³-hybridized carbons (Fsp3) is 0.226. The van der Waals surface area contributed by atoms with Crippen LogP contribution < -0.4 is 19.6 Å². The number of benzene rings is 3. The number of hydrogen-bond donors (Lipinski definition) is 0. The van der Waals surface area contributed by atoms with Gasteiger partial charge in [0.1, 0.15) is 5.75 Å². The number of esters is 2. The number of aromatic nitrogens is 1. The number of nitrogens with zero attached hydrogens (tertiary/aromatic N) is 2. The van der Waals surface area contributed by atoms with Crippen LogP contribution in [0, 0.1) is 0 Å². The number of rotatable bonds is 8. The van der Waals surface area contributed by atoms with Crippen molar-refractivity contribution in [2.75, 3.05) is 20.3 Å². The van der Waals surface area contributed by atoms with Crippen molar-refractivity contribution in [3.05, 3.63) is 109 Å². The summed E-state index contributed by atoms with van der Waals surface area (Å²) in [7, 11) is 1.33. The number of fused-ring (bicyclic) bond motifs is 2. The van der Waals surface area contributed by atoms with Crippen LogP contribution in [0.1, 0.15) is 37.4 Å². The van der Waals surface area contributed by atoms with Crippen molar-refractivity contribution in [3.63, 3.8) is 0 Å². The Balaban J connectivity index is 1.73. The maximum absolute atomic E-state index is 14.0. The number of hydrogen-bond acceptors (Lipinski definition) is 8. The predicted octanol–water partition coefficient (Wildman–Crippen LogP) is 3.89. The zero-order valence-corrected chi connectivity index (χ0v) is 23.2. The van der Waals surface area contributed by atoms with E-state index in [-0.39, 0.29) is 18.8 Å². The molecule has 204 valence electrons. The lowest BCUT2D eigenvalue weighted by Gasteiger charge is -2.25. The first-order chi connectivity index (χ1) is 19.5. The van der Waals surface area contributed by atoms with Crippen LogP contribution >= 0.6 is 11.3 Å². The Morgan fingerprint density at radius 1 is 1.02 bits per heavy atom. The summed E-state index contributed by atoms with van der Waals surface area (Å²) in [5.41, 5.74) is 2.07. The van der Waals surface area contributed by atoms with Crippen molar-refractivity contribution in [3.8, 4) is 5.75 Å². The molecule has 0 saturated carbocycles. The molecule has 0 fully saturated rings. The number of allylic oxidation sites excluding steroid dienone is 1. The second-order valence-corrected chi connectivity index (χ2v) is 10.0. The van der Waals surface area contributed by atoms with Gasteiger partial charge in [-0.15, -0.1) is 0 Å². The molecule has 0 amide bonds. The standard InChI is InChI=1S/C31H28N2O6S/c1-4-23-27(30(36)37-3)28(20-12-7-6-8-13-20)33-29(35)25(40-31(33)32-23)17-22-21-14-10-9-11-19(21)15-16-24(22)39-18-26(34)38-5-2/h6-17,28H,4-5,18H2,1-3H3/b25-17+/t28-/m0/s1. The van der Waals surface area contributed by atoms with E-state index in [0.717, 1.165) is 16.3 Å². The molecule has 9 heteroatoms. The maximum atomic E-state index is 14.0. The molecule has 4 aromatic rings. The number of methoxy groups -OCH3 is 1. The first kappa shape index (κ1) is 27.1. The number of thiazole rings is 1. The minimum atomic E-state index is -0.686. The maximum Gasteiger partial charge on any atom is 0.344 e. The molecule has 1 atom stereocenters. The quantitative estimate of drug-likeness (QED) is 0.306. The largest absolute Gasteiger partial charge is 0.481 e. The van der Waals surface area contributed by atoms with Gasteiger partial charge in [0, 0.05) is 5.56 Å². The van der Waals surface area contributed by atoms with E-state index in [1.54, 1.807) is 23.6 Å². The Bertz CT molecular complexity index is 1800. The molecule has 0 N–H and O–H groups in total. The Labute approximate surface area is 234 Å². The summed E-state index contributed by atoms with van der Waals surface area (Å²) in [6, 6.07) is 20.1. The third kappa shape index (κ3) is 5.08. The molecule has 1 aliphatic rings. The summed E-state index contributed by atoms with van der Waals surface area (Å²) in [4.78, 5) is 44.3. The summed E-state index contributed by atoms with van der Waals surface area (Å²) in [5, 5.41) is 1.81. The molecule has 0 saturated heterocycles. The van der Waals surface area contributed by atoms with Crippen molar-refractivity contribution in [2.24, 2.45) is 4.99 Å². The fourth-order valence-corrected chi connectivity index (χ4v) is 5.84. The zero-order chi connectivity index (χ0) is 28.2. The van der Waals surface area contributed by atoms with Gasteiger partial charge in [-0.2, -0.15) is 0 Å². The van der Waals surface area contributed by atoms with Crippen LogP contribution in [0.4, 0.5) is 0 Å². The molecular formula is C31H28N2O6S. The van der Waals surface area contributed by atoms with Crippen LogP contribution in [-0.4, -0.2) is 36.8 Å². The first-order valence-electron chi connectivity index (χ1n) is 12.9. The van der Waals surface area contributed by atoms with Crippen LogP contribution in [-0.2, 0) is 19.1 Å². The Morgan fingerprint density at radius 3 is 2.50 bits per heavy atom. The highest BCUT2D eigenvalue weighted by Gasteiger charge is 2.33. The van der Waals surface area contributed by atoms with Gasteiger partial charge in [0.15, 0.2) is 11.4 Å². The van der Waals surface area contributed by atoms with E-state index >= 15 is 0 Å².